The number of aromatic nitrogens is 3. The molecule has 42 heavy (non-hydrogen) atoms. The van der Waals surface area contributed by atoms with Gasteiger partial charge in [-0.3, -0.25) is 19.6 Å². The second-order valence-electron chi connectivity index (χ2n) is 9.42. The van der Waals surface area contributed by atoms with Gasteiger partial charge in [-0.15, -0.1) is 0 Å². The predicted octanol–water partition coefficient (Wildman–Crippen LogP) is 6.17. The molecule has 5 rings (SSSR count). The van der Waals surface area contributed by atoms with Crippen molar-refractivity contribution in [1.29, 1.82) is 0 Å². The van der Waals surface area contributed by atoms with Gasteiger partial charge < -0.3 is 15.4 Å². The molecule has 1 aliphatic rings. The topological polar surface area (TPSA) is 113 Å². The van der Waals surface area contributed by atoms with Gasteiger partial charge >= 0.3 is 12.2 Å². The van der Waals surface area contributed by atoms with E-state index < -0.39 is 17.6 Å². The molecule has 2 aromatic heterocycles. The van der Waals surface area contributed by atoms with E-state index in [4.69, 9.17) is 4.74 Å². The number of anilines is 5. The number of alkyl halides is 3. The first-order valence-corrected chi connectivity index (χ1v) is 12.9. The summed E-state index contributed by atoms with van der Waals surface area (Å²) in [6.07, 6.45) is -1.30. The standard InChI is InChI=1S/C29H26F3N7O3/c1-4-38-25-19(14-34-27(37-25)36-21-9-8-17(2)33-15-21)16-39(28(38)41)23-11-22(12-24(13-23)42-3)35-26(40)18-6-5-7-20(10-18)29(30,31)32/h5-15H,4,16H2,1-3H3,(H,35,40)(H,34,36,37). The van der Waals surface area contributed by atoms with Gasteiger partial charge in [0.05, 0.1) is 36.8 Å². The van der Waals surface area contributed by atoms with E-state index >= 15 is 0 Å². The summed E-state index contributed by atoms with van der Waals surface area (Å²) in [7, 11) is 1.43. The van der Waals surface area contributed by atoms with E-state index in [1.807, 2.05) is 26.0 Å². The first-order valence-electron chi connectivity index (χ1n) is 12.9. The molecule has 0 aliphatic carbocycles. The number of nitrogens with one attached hydrogen (secondary N) is 2. The van der Waals surface area contributed by atoms with Crippen LogP contribution in [0.4, 0.5) is 46.8 Å². The fourth-order valence-electron chi connectivity index (χ4n) is 4.40. The zero-order valence-corrected chi connectivity index (χ0v) is 22.9. The number of amides is 3. The molecule has 1 aliphatic heterocycles. The van der Waals surface area contributed by atoms with Crippen molar-refractivity contribution in [2.45, 2.75) is 26.6 Å². The van der Waals surface area contributed by atoms with E-state index in [0.29, 0.717) is 41.0 Å². The number of halogens is 3. The quantitative estimate of drug-likeness (QED) is 0.270. The number of urea groups is 1. The lowest BCUT2D eigenvalue weighted by Gasteiger charge is -2.35. The highest BCUT2D eigenvalue weighted by molar-refractivity contribution is 6.07. The number of hydrogen-bond donors (Lipinski definition) is 2. The summed E-state index contributed by atoms with van der Waals surface area (Å²) in [6.45, 7) is 4.14. The minimum Gasteiger partial charge on any atom is -0.497 e. The van der Waals surface area contributed by atoms with Crippen LogP contribution in [0.5, 0.6) is 5.75 Å². The zero-order valence-electron chi connectivity index (χ0n) is 22.9. The Hall–Kier alpha value is -5.20. The third-order valence-electron chi connectivity index (χ3n) is 6.52. The number of hydrogen-bond acceptors (Lipinski definition) is 7. The Bertz CT molecular complexity index is 1640. The molecule has 2 N–H and O–H groups in total. The third kappa shape index (κ3) is 5.94. The summed E-state index contributed by atoms with van der Waals surface area (Å²) in [4.78, 5) is 42.7. The molecule has 0 spiro atoms. The number of fused-ring (bicyclic) bond motifs is 1. The van der Waals surface area contributed by atoms with Crippen molar-refractivity contribution in [3.63, 3.8) is 0 Å². The second-order valence-corrected chi connectivity index (χ2v) is 9.42. The number of methoxy groups -OCH3 is 1. The van der Waals surface area contributed by atoms with Crippen LogP contribution in [0.2, 0.25) is 0 Å². The number of aryl methyl sites for hydroxylation is 1. The normalized spacial score (nSPS) is 13.0. The summed E-state index contributed by atoms with van der Waals surface area (Å²) < 4.78 is 44.8. The molecule has 0 atom stereocenters. The van der Waals surface area contributed by atoms with E-state index in [1.165, 1.54) is 35.1 Å². The number of benzene rings is 2. The van der Waals surface area contributed by atoms with Gasteiger partial charge in [-0.1, -0.05) is 6.07 Å². The van der Waals surface area contributed by atoms with E-state index in [-0.39, 0.29) is 23.8 Å². The number of nitrogens with zero attached hydrogens (tertiary/aromatic N) is 5. The van der Waals surface area contributed by atoms with Crippen LogP contribution in [0.1, 0.15) is 34.1 Å². The molecule has 0 fully saturated rings. The van der Waals surface area contributed by atoms with Gasteiger partial charge in [-0.2, -0.15) is 18.2 Å². The smallest absolute Gasteiger partial charge is 0.416 e. The SMILES string of the molecule is CCN1C(=O)N(c2cc(NC(=O)c3cccc(C(F)(F)F)c3)cc(OC)c2)Cc2cnc(Nc3ccc(C)nc3)nc21. The van der Waals surface area contributed by atoms with Crippen molar-refractivity contribution in [1.82, 2.24) is 15.0 Å². The minimum absolute atomic E-state index is 0.130. The summed E-state index contributed by atoms with van der Waals surface area (Å²) in [6, 6.07) is 12.1. The first kappa shape index (κ1) is 28.3. The van der Waals surface area contributed by atoms with Gasteiger partial charge in [0.2, 0.25) is 5.95 Å². The molecule has 0 bridgehead atoms. The van der Waals surface area contributed by atoms with Crippen LogP contribution < -0.4 is 25.2 Å². The van der Waals surface area contributed by atoms with Crippen molar-refractivity contribution < 1.29 is 27.5 Å². The number of carbonyl (C=O) groups is 2. The Labute approximate surface area is 239 Å². The monoisotopic (exact) mass is 577 g/mol. The van der Waals surface area contributed by atoms with E-state index in [9.17, 15) is 22.8 Å². The summed E-state index contributed by atoms with van der Waals surface area (Å²) in [5, 5.41) is 5.70. The lowest BCUT2D eigenvalue weighted by molar-refractivity contribution is -0.137. The Morgan fingerprint density at radius 3 is 2.55 bits per heavy atom. The van der Waals surface area contributed by atoms with Gasteiger partial charge in [0.1, 0.15) is 11.6 Å². The second kappa shape index (κ2) is 11.4. The zero-order chi connectivity index (χ0) is 30.0. The maximum atomic E-state index is 13.6. The van der Waals surface area contributed by atoms with Crippen LogP contribution in [-0.2, 0) is 12.7 Å². The molecule has 4 aromatic rings. The number of pyridine rings is 1. The highest BCUT2D eigenvalue weighted by Crippen LogP contribution is 2.35. The molecule has 3 heterocycles. The predicted molar refractivity (Wildman–Crippen MR) is 151 cm³/mol. The molecule has 10 nitrogen and oxygen atoms in total. The molecule has 2 aromatic carbocycles. The number of carbonyl (C=O) groups excluding carboxylic acids is 2. The van der Waals surface area contributed by atoms with Crippen molar-refractivity contribution in [3.05, 3.63) is 89.4 Å². The van der Waals surface area contributed by atoms with Gasteiger partial charge in [-0.05, 0) is 50.2 Å². The maximum Gasteiger partial charge on any atom is 0.416 e. The molecule has 0 saturated carbocycles. The van der Waals surface area contributed by atoms with Crippen LogP contribution >= 0.6 is 0 Å². The Balaban J connectivity index is 1.42. The summed E-state index contributed by atoms with van der Waals surface area (Å²) >= 11 is 0. The first-order chi connectivity index (χ1) is 20.0. The average molecular weight is 578 g/mol. The molecular weight excluding hydrogens is 551 g/mol. The lowest BCUT2D eigenvalue weighted by Crippen LogP contribution is -2.48. The lowest BCUT2D eigenvalue weighted by atomic mass is 10.1. The number of rotatable bonds is 7. The van der Waals surface area contributed by atoms with Gasteiger partial charge in [0.25, 0.3) is 5.91 Å². The fraction of sp³-hybridized carbons (Fsp3) is 0.207. The van der Waals surface area contributed by atoms with Gasteiger partial charge in [0.15, 0.2) is 0 Å². The summed E-state index contributed by atoms with van der Waals surface area (Å²) in [5.74, 6) is 0.344. The largest absolute Gasteiger partial charge is 0.497 e. The minimum atomic E-state index is -4.59. The average Bonchev–Trinajstić information content (AvgIpc) is 2.97. The van der Waals surface area contributed by atoms with Crippen molar-refractivity contribution in [3.8, 4) is 5.75 Å². The van der Waals surface area contributed by atoms with Crippen LogP contribution in [0, 0.1) is 6.92 Å². The Morgan fingerprint density at radius 2 is 1.86 bits per heavy atom. The molecule has 0 radical (unpaired) electrons. The van der Waals surface area contributed by atoms with Crippen molar-refractivity contribution in [2.75, 3.05) is 34.1 Å². The Kier molecular flexibility index (Phi) is 7.66. The van der Waals surface area contributed by atoms with Crippen molar-refractivity contribution in [2.24, 2.45) is 0 Å². The van der Waals surface area contributed by atoms with Crippen LogP contribution in [0.15, 0.2) is 67.0 Å². The molecule has 3 amide bonds. The fourth-order valence-corrected chi connectivity index (χ4v) is 4.40. The molecule has 216 valence electrons. The van der Waals surface area contributed by atoms with E-state index in [0.717, 1.165) is 17.8 Å². The van der Waals surface area contributed by atoms with Crippen LogP contribution in [-0.4, -0.2) is 40.5 Å². The van der Waals surface area contributed by atoms with Crippen LogP contribution in [0.3, 0.4) is 0 Å². The molecule has 0 saturated heterocycles. The van der Waals surface area contributed by atoms with Gasteiger partial charge in [0, 0.05) is 47.4 Å². The highest BCUT2D eigenvalue weighted by atomic mass is 19.4. The molecule has 0 unspecified atom stereocenters. The van der Waals surface area contributed by atoms with Crippen LogP contribution in [0.25, 0.3) is 0 Å². The molecule has 13 heteroatoms. The molecular formula is C29H26F3N7O3. The van der Waals surface area contributed by atoms with E-state index in [1.54, 1.807) is 24.5 Å². The third-order valence-corrected chi connectivity index (χ3v) is 6.52. The van der Waals surface area contributed by atoms with E-state index in [2.05, 4.69) is 25.6 Å². The Morgan fingerprint density at radius 1 is 1.05 bits per heavy atom. The maximum absolute atomic E-state index is 13.6. The summed E-state index contributed by atoms with van der Waals surface area (Å²) in [5.41, 5.74) is 1.77. The highest BCUT2D eigenvalue weighted by Gasteiger charge is 2.33. The van der Waals surface area contributed by atoms with Gasteiger partial charge in [-0.25, -0.2) is 9.78 Å². The number of ether oxygens (including phenoxy) is 1. The van der Waals surface area contributed by atoms with Crippen molar-refractivity contribution >= 4 is 40.8 Å².